The lowest BCUT2D eigenvalue weighted by Gasteiger charge is -2.17. The van der Waals surface area contributed by atoms with Gasteiger partial charge in [-0.25, -0.2) is 13.1 Å². The Kier molecular flexibility index (Phi) is 7.87. The third kappa shape index (κ3) is 6.56. The Morgan fingerprint density at radius 3 is 2.76 bits per heavy atom. The Labute approximate surface area is 129 Å². The third-order valence-electron chi connectivity index (χ3n) is 2.97. The zero-order valence-corrected chi connectivity index (χ0v) is 13.8. The number of aliphatic hydroxyl groups excluding tert-OH is 1. The summed E-state index contributed by atoms with van der Waals surface area (Å²) in [6, 6.07) is 3.20. The molecular weight excluding hydrogens is 312 g/mol. The third-order valence-corrected chi connectivity index (χ3v) is 5.83. The smallest absolute Gasteiger partial charge is 0.250 e. The molecule has 1 amide bonds. The number of carbonyl (C=O) groups excluding carboxylic acids is 1. The number of rotatable bonds is 10. The Hall–Kier alpha value is -0.960. The SMILES string of the molecule is CN(CCCCCO)C(=O)CCNS(=O)(=O)c1cccs1. The molecule has 0 spiro atoms. The fraction of sp³-hybridized carbons (Fsp3) is 0.615. The first-order valence-corrected chi connectivity index (χ1v) is 9.21. The van der Waals surface area contributed by atoms with Crippen molar-refractivity contribution in [1.82, 2.24) is 9.62 Å². The maximum Gasteiger partial charge on any atom is 0.250 e. The van der Waals surface area contributed by atoms with E-state index in [-0.39, 0.29) is 29.7 Å². The van der Waals surface area contributed by atoms with Crippen LogP contribution in [0.4, 0.5) is 0 Å². The Morgan fingerprint density at radius 1 is 1.38 bits per heavy atom. The van der Waals surface area contributed by atoms with Crippen LogP contribution in [0.15, 0.2) is 21.7 Å². The van der Waals surface area contributed by atoms with Crippen molar-refractivity contribution in [2.45, 2.75) is 29.9 Å². The topological polar surface area (TPSA) is 86.7 Å². The van der Waals surface area contributed by atoms with Crippen molar-refractivity contribution in [3.8, 4) is 0 Å². The minimum Gasteiger partial charge on any atom is -0.396 e. The summed E-state index contributed by atoms with van der Waals surface area (Å²) < 4.78 is 26.4. The van der Waals surface area contributed by atoms with E-state index in [1.165, 1.54) is 6.07 Å². The van der Waals surface area contributed by atoms with Crippen molar-refractivity contribution in [2.75, 3.05) is 26.7 Å². The molecule has 1 rings (SSSR count). The van der Waals surface area contributed by atoms with E-state index >= 15 is 0 Å². The fourth-order valence-corrected chi connectivity index (χ4v) is 3.80. The van der Waals surface area contributed by atoms with Crippen LogP contribution in [0, 0.1) is 0 Å². The molecule has 0 atom stereocenters. The van der Waals surface area contributed by atoms with Gasteiger partial charge in [0, 0.05) is 33.2 Å². The first-order valence-electron chi connectivity index (χ1n) is 6.85. The number of thiophene rings is 1. The molecule has 0 saturated heterocycles. The van der Waals surface area contributed by atoms with Crippen molar-refractivity contribution < 1.29 is 18.3 Å². The number of hydrogen-bond acceptors (Lipinski definition) is 5. The summed E-state index contributed by atoms with van der Waals surface area (Å²) in [6.07, 6.45) is 2.59. The summed E-state index contributed by atoms with van der Waals surface area (Å²) in [5, 5.41) is 10.4. The summed E-state index contributed by atoms with van der Waals surface area (Å²) >= 11 is 1.14. The molecule has 8 heteroatoms. The molecule has 1 aromatic heterocycles. The monoisotopic (exact) mass is 334 g/mol. The van der Waals surface area contributed by atoms with Crippen LogP contribution in [-0.2, 0) is 14.8 Å². The molecule has 120 valence electrons. The van der Waals surface area contributed by atoms with Gasteiger partial charge in [0.05, 0.1) is 0 Å². The molecular formula is C13H22N2O4S2. The van der Waals surface area contributed by atoms with E-state index in [0.717, 1.165) is 30.6 Å². The maximum absolute atomic E-state index is 11.8. The molecule has 2 N–H and O–H groups in total. The molecule has 1 heterocycles. The molecule has 0 fully saturated rings. The second kappa shape index (κ2) is 9.14. The first-order chi connectivity index (χ1) is 9.97. The van der Waals surface area contributed by atoms with E-state index < -0.39 is 10.0 Å². The van der Waals surface area contributed by atoms with Crippen molar-refractivity contribution in [1.29, 1.82) is 0 Å². The lowest BCUT2D eigenvalue weighted by atomic mass is 10.2. The van der Waals surface area contributed by atoms with Crippen LogP contribution < -0.4 is 4.72 Å². The Balaban J connectivity index is 2.27. The number of nitrogens with one attached hydrogen (secondary N) is 1. The normalized spacial score (nSPS) is 11.5. The average molecular weight is 334 g/mol. The van der Waals surface area contributed by atoms with Crippen LogP contribution in [-0.4, -0.2) is 51.1 Å². The van der Waals surface area contributed by atoms with E-state index in [9.17, 15) is 13.2 Å². The van der Waals surface area contributed by atoms with Gasteiger partial charge in [0.25, 0.3) is 0 Å². The van der Waals surface area contributed by atoms with Gasteiger partial charge in [-0.1, -0.05) is 6.07 Å². The van der Waals surface area contributed by atoms with Crippen LogP contribution >= 0.6 is 11.3 Å². The molecule has 21 heavy (non-hydrogen) atoms. The van der Waals surface area contributed by atoms with Gasteiger partial charge in [-0.2, -0.15) is 0 Å². The maximum atomic E-state index is 11.8. The minimum atomic E-state index is -3.49. The van der Waals surface area contributed by atoms with Crippen molar-refractivity contribution in [2.24, 2.45) is 0 Å². The van der Waals surface area contributed by atoms with Gasteiger partial charge >= 0.3 is 0 Å². The molecule has 0 bridgehead atoms. The van der Waals surface area contributed by atoms with E-state index in [0.29, 0.717) is 6.54 Å². The van der Waals surface area contributed by atoms with Crippen LogP contribution in [0.5, 0.6) is 0 Å². The highest BCUT2D eigenvalue weighted by atomic mass is 32.2. The van der Waals surface area contributed by atoms with Gasteiger partial charge in [-0.15, -0.1) is 11.3 Å². The lowest BCUT2D eigenvalue weighted by Crippen LogP contribution is -2.32. The first kappa shape index (κ1) is 18.1. The molecule has 0 aromatic carbocycles. The second-order valence-corrected chi connectivity index (χ2v) is 7.62. The Bertz CT molecular complexity index is 514. The minimum absolute atomic E-state index is 0.0899. The van der Waals surface area contributed by atoms with E-state index in [1.54, 1.807) is 23.4 Å². The zero-order chi connectivity index (χ0) is 15.7. The van der Waals surface area contributed by atoms with Gasteiger partial charge in [0.15, 0.2) is 0 Å². The molecule has 0 aliphatic heterocycles. The van der Waals surface area contributed by atoms with Gasteiger partial charge in [-0.05, 0) is 30.7 Å². The number of sulfonamides is 1. The predicted octanol–water partition coefficient (Wildman–Crippen LogP) is 1.04. The predicted molar refractivity (Wildman–Crippen MR) is 82.7 cm³/mol. The van der Waals surface area contributed by atoms with Gasteiger partial charge in [0.2, 0.25) is 15.9 Å². The number of amides is 1. The number of carbonyl (C=O) groups is 1. The summed E-state index contributed by atoms with van der Waals surface area (Å²) in [6.45, 7) is 0.888. The fourth-order valence-electron chi connectivity index (χ4n) is 1.73. The van der Waals surface area contributed by atoms with E-state index in [1.807, 2.05) is 0 Å². The summed E-state index contributed by atoms with van der Waals surface area (Å²) in [5.74, 6) is -0.0899. The zero-order valence-electron chi connectivity index (χ0n) is 12.1. The van der Waals surface area contributed by atoms with Crippen LogP contribution in [0.1, 0.15) is 25.7 Å². The Morgan fingerprint density at radius 2 is 2.14 bits per heavy atom. The van der Waals surface area contributed by atoms with Crippen LogP contribution in [0.2, 0.25) is 0 Å². The average Bonchev–Trinajstić information content (AvgIpc) is 2.98. The van der Waals surface area contributed by atoms with Crippen molar-refractivity contribution in [3.63, 3.8) is 0 Å². The molecule has 0 aliphatic carbocycles. The molecule has 1 aromatic rings. The highest BCUT2D eigenvalue weighted by Crippen LogP contribution is 2.15. The van der Waals surface area contributed by atoms with E-state index in [2.05, 4.69) is 4.72 Å². The lowest BCUT2D eigenvalue weighted by molar-refractivity contribution is -0.129. The van der Waals surface area contributed by atoms with Crippen LogP contribution in [0.3, 0.4) is 0 Å². The molecule has 6 nitrogen and oxygen atoms in total. The number of aliphatic hydroxyl groups is 1. The van der Waals surface area contributed by atoms with Gasteiger partial charge in [-0.3, -0.25) is 4.79 Å². The summed E-state index contributed by atoms with van der Waals surface area (Å²) in [4.78, 5) is 13.4. The quantitative estimate of drug-likeness (QED) is 0.626. The largest absolute Gasteiger partial charge is 0.396 e. The summed E-state index contributed by atoms with van der Waals surface area (Å²) in [5.41, 5.74) is 0. The van der Waals surface area contributed by atoms with E-state index in [4.69, 9.17) is 5.11 Å². The molecule has 0 radical (unpaired) electrons. The molecule has 0 saturated carbocycles. The number of unbranched alkanes of at least 4 members (excludes halogenated alkanes) is 2. The standard InChI is InChI=1S/C13H22N2O4S2/c1-15(9-3-2-4-10-16)12(17)7-8-14-21(18,19)13-6-5-11-20-13/h5-6,11,14,16H,2-4,7-10H2,1H3. The molecule has 0 aliphatic rings. The summed E-state index contributed by atoms with van der Waals surface area (Å²) in [7, 11) is -1.79. The highest BCUT2D eigenvalue weighted by molar-refractivity contribution is 7.91. The second-order valence-electron chi connectivity index (χ2n) is 4.68. The molecule has 0 unspecified atom stereocenters. The number of hydrogen-bond donors (Lipinski definition) is 2. The van der Waals surface area contributed by atoms with Gasteiger partial charge < -0.3 is 10.0 Å². The highest BCUT2D eigenvalue weighted by Gasteiger charge is 2.15. The van der Waals surface area contributed by atoms with Crippen molar-refractivity contribution >= 4 is 27.3 Å². The van der Waals surface area contributed by atoms with Gasteiger partial charge in [0.1, 0.15) is 4.21 Å². The number of nitrogens with zero attached hydrogens (tertiary/aromatic N) is 1. The van der Waals surface area contributed by atoms with Crippen LogP contribution in [0.25, 0.3) is 0 Å². The van der Waals surface area contributed by atoms with Crippen molar-refractivity contribution in [3.05, 3.63) is 17.5 Å².